The molecule has 2 N–H and O–H groups in total. The van der Waals surface area contributed by atoms with Crippen LogP contribution < -0.4 is 10.5 Å². The highest BCUT2D eigenvalue weighted by molar-refractivity contribution is 6.43. The summed E-state index contributed by atoms with van der Waals surface area (Å²) in [5, 5.41) is 0.955. The van der Waals surface area contributed by atoms with Crippen LogP contribution in [0.25, 0.3) is 0 Å². The molecule has 0 bridgehead atoms. The number of ether oxygens (including phenoxy) is 1. The fourth-order valence-electron chi connectivity index (χ4n) is 1.82. The van der Waals surface area contributed by atoms with Crippen LogP contribution in [-0.4, -0.2) is 0 Å². The summed E-state index contributed by atoms with van der Waals surface area (Å²) in [4.78, 5) is 0. The van der Waals surface area contributed by atoms with Crippen molar-refractivity contribution in [3.05, 3.63) is 56.3 Å². The molecule has 0 aliphatic rings. The number of aryl methyl sites for hydroxylation is 1. The number of nitrogens with two attached hydrogens (primary N) is 1. The van der Waals surface area contributed by atoms with Gasteiger partial charge in [-0.05, 0) is 37.6 Å². The Kier molecular flexibility index (Phi) is 4.99. The van der Waals surface area contributed by atoms with Crippen molar-refractivity contribution >= 4 is 34.8 Å². The van der Waals surface area contributed by atoms with Crippen LogP contribution in [0.1, 0.15) is 24.1 Å². The first kappa shape index (κ1) is 16.4. The van der Waals surface area contributed by atoms with Gasteiger partial charge in [-0.3, -0.25) is 0 Å². The molecule has 2 aromatic rings. The molecular formula is C15H13Cl3FNO. The van der Waals surface area contributed by atoms with Crippen LogP contribution in [0.5, 0.6) is 11.5 Å². The van der Waals surface area contributed by atoms with Gasteiger partial charge < -0.3 is 10.5 Å². The van der Waals surface area contributed by atoms with Crippen LogP contribution in [-0.2, 0) is 0 Å². The number of hydrogen-bond acceptors (Lipinski definition) is 2. The minimum Gasteiger partial charge on any atom is -0.455 e. The Morgan fingerprint density at radius 3 is 2.24 bits per heavy atom. The summed E-state index contributed by atoms with van der Waals surface area (Å²) < 4.78 is 19.4. The predicted octanol–water partition coefficient (Wildman–Crippen LogP) is 5.91. The first-order valence-electron chi connectivity index (χ1n) is 6.17. The molecule has 1 atom stereocenters. The predicted molar refractivity (Wildman–Crippen MR) is 85.3 cm³/mol. The van der Waals surface area contributed by atoms with Crippen LogP contribution in [0.15, 0.2) is 24.3 Å². The Bertz CT molecular complexity index is 689. The van der Waals surface area contributed by atoms with E-state index in [4.69, 9.17) is 45.3 Å². The van der Waals surface area contributed by atoms with E-state index in [1.165, 1.54) is 18.2 Å². The second-order valence-electron chi connectivity index (χ2n) is 4.73. The average molecular weight is 349 g/mol. The van der Waals surface area contributed by atoms with E-state index in [0.29, 0.717) is 37.7 Å². The average Bonchev–Trinajstić information content (AvgIpc) is 2.39. The summed E-state index contributed by atoms with van der Waals surface area (Å²) in [6, 6.07) is 5.54. The van der Waals surface area contributed by atoms with Gasteiger partial charge in [0.25, 0.3) is 0 Å². The van der Waals surface area contributed by atoms with E-state index < -0.39 is 6.04 Å². The molecule has 0 amide bonds. The zero-order valence-electron chi connectivity index (χ0n) is 11.4. The maximum Gasteiger partial charge on any atom is 0.147 e. The number of halogens is 4. The van der Waals surface area contributed by atoms with E-state index in [1.807, 2.05) is 0 Å². The number of hydrogen-bond donors (Lipinski definition) is 1. The van der Waals surface area contributed by atoms with Crippen molar-refractivity contribution < 1.29 is 9.13 Å². The van der Waals surface area contributed by atoms with Crippen molar-refractivity contribution in [2.45, 2.75) is 19.9 Å². The van der Waals surface area contributed by atoms with Crippen molar-refractivity contribution in [1.82, 2.24) is 0 Å². The normalized spacial score (nSPS) is 12.3. The van der Waals surface area contributed by atoms with E-state index in [1.54, 1.807) is 19.9 Å². The zero-order chi connectivity index (χ0) is 15.7. The van der Waals surface area contributed by atoms with Crippen LogP contribution in [0.2, 0.25) is 15.1 Å². The molecule has 0 spiro atoms. The quantitative estimate of drug-likeness (QED) is 0.700. The lowest BCUT2D eigenvalue weighted by molar-refractivity contribution is 0.468. The van der Waals surface area contributed by atoms with Crippen LogP contribution >= 0.6 is 34.8 Å². The third-order valence-electron chi connectivity index (χ3n) is 2.98. The molecule has 0 aliphatic heterocycles. The lowest BCUT2D eigenvalue weighted by Crippen LogP contribution is -2.08. The molecule has 2 nitrogen and oxygen atoms in total. The monoisotopic (exact) mass is 347 g/mol. The topological polar surface area (TPSA) is 35.2 Å². The van der Waals surface area contributed by atoms with Gasteiger partial charge in [0, 0.05) is 17.7 Å². The molecule has 2 aromatic carbocycles. The molecule has 0 aliphatic carbocycles. The Hall–Kier alpha value is -1.00. The van der Waals surface area contributed by atoms with Crippen molar-refractivity contribution in [2.75, 3.05) is 0 Å². The van der Waals surface area contributed by atoms with Gasteiger partial charge in [-0.25, -0.2) is 4.39 Å². The van der Waals surface area contributed by atoms with E-state index in [9.17, 15) is 4.39 Å². The molecule has 1 unspecified atom stereocenters. The van der Waals surface area contributed by atoms with Gasteiger partial charge in [-0.2, -0.15) is 0 Å². The van der Waals surface area contributed by atoms with Gasteiger partial charge >= 0.3 is 0 Å². The molecule has 0 saturated heterocycles. The highest BCUT2D eigenvalue weighted by Gasteiger charge is 2.15. The summed E-state index contributed by atoms with van der Waals surface area (Å²) in [6.07, 6.45) is 0. The second-order valence-corrected chi connectivity index (χ2v) is 5.95. The Labute approximate surface area is 137 Å². The van der Waals surface area contributed by atoms with E-state index in [0.717, 1.165) is 0 Å². The van der Waals surface area contributed by atoms with Crippen LogP contribution in [0.3, 0.4) is 0 Å². The summed E-state index contributed by atoms with van der Waals surface area (Å²) in [7, 11) is 0. The SMILES string of the molecule is Cc1cc(Oc2cc(Cl)c(Cl)cc2Cl)c(C(C)N)cc1F. The summed E-state index contributed by atoms with van der Waals surface area (Å²) in [5.74, 6) is 0.429. The van der Waals surface area contributed by atoms with Crippen LogP contribution in [0.4, 0.5) is 4.39 Å². The van der Waals surface area contributed by atoms with Gasteiger partial charge in [0.05, 0.1) is 15.1 Å². The first-order valence-corrected chi connectivity index (χ1v) is 7.31. The minimum absolute atomic E-state index is 0.307. The van der Waals surface area contributed by atoms with E-state index in [-0.39, 0.29) is 5.82 Å². The van der Waals surface area contributed by atoms with Gasteiger partial charge in [0.15, 0.2) is 0 Å². The summed E-state index contributed by atoms with van der Waals surface area (Å²) in [6.45, 7) is 3.39. The first-order chi connectivity index (χ1) is 9.79. The third kappa shape index (κ3) is 3.61. The minimum atomic E-state index is -0.392. The van der Waals surface area contributed by atoms with Gasteiger partial charge in [-0.1, -0.05) is 34.8 Å². The number of benzene rings is 2. The van der Waals surface area contributed by atoms with Crippen molar-refractivity contribution in [2.24, 2.45) is 5.73 Å². The highest BCUT2D eigenvalue weighted by atomic mass is 35.5. The fraction of sp³-hybridized carbons (Fsp3) is 0.200. The molecule has 2 rings (SSSR count). The van der Waals surface area contributed by atoms with Crippen molar-refractivity contribution in [3.63, 3.8) is 0 Å². The molecule has 0 radical (unpaired) electrons. The lowest BCUT2D eigenvalue weighted by atomic mass is 10.1. The van der Waals surface area contributed by atoms with Gasteiger partial charge in [-0.15, -0.1) is 0 Å². The molecule has 0 aromatic heterocycles. The zero-order valence-corrected chi connectivity index (χ0v) is 13.7. The summed E-state index contributed by atoms with van der Waals surface area (Å²) in [5.41, 5.74) is 6.84. The Morgan fingerprint density at radius 1 is 1.00 bits per heavy atom. The molecule has 6 heteroatoms. The van der Waals surface area contributed by atoms with Crippen molar-refractivity contribution in [3.8, 4) is 11.5 Å². The highest BCUT2D eigenvalue weighted by Crippen LogP contribution is 2.38. The van der Waals surface area contributed by atoms with Gasteiger partial charge in [0.2, 0.25) is 0 Å². The molecule has 21 heavy (non-hydrogen) atoms. The summed E-state index contributed by atoms with van der Waals surface area (Å²) >= 11 is 17.9. The Morgan fingerprint density at radius 2 is 1.62 bits per heavy atom. The molecule has 0 heterocycles. The van der Waals surface area contributed by atoms with E-state index in [2.05, 4.69) is 0 Å². The van der Waals surface area contributed by atoms with E-state index >= 15 is 0 Å². The van der Waals surface area contributed by atoms with Crippen molar-refractivity contribution in [1.29, 1.82) is 0 Å². The second kappa shape index (κ2) is 6.41. The maximum absolute atomic E-state index is 13.7. The molecule has 0 fully saturated rings. The standard InChI is InChI=1S/C15H13Cl3FNO/c1-7-3-14(9(8(2)20)4-13(7)19)21-15-6-11(17)10(16)5-12(15)18/h3-6,8H,20H2,1-2H3. The molecular weight excluding hydrogens is 336 g/mol. The largest absolute Gasteiger partial charge is 0.455 e. The maximum atomic E-state index is 13.7. The van der Waals surface area contributed by atoms with Gasteiger partial charge in [0.1, 0.15) is 17.3 Å². The molecule has 112 valence electrons. The molecule has 0 saturated carbocycles. The van der Waals surface area contributed by atoms with Crippen LogP contribution in [0, 0.1) is 12.7 Å². The Balaban J connectivity index is 2.48. The fourth-order valence-corrected chi connectivity index (χ4v) is 2.39. The third-order valence-corrected chi connectivity index (χ3v) is 3.99. The number of rotatable bonds is 3. The smallest absolute Gasteiger partial charge is 0.147 e. The lowest BCUT2D eigenvalue weighted by Gasteiger charge is -2.16.